The largest absolute Gasteiger partial charge is 0.570 e. The van der Waals surface area contributed by atoms with Crippen LogP contribution in [-0.4, -0.2) is 81.2 Å². The summed E-state index contributed by atoms with van der Waals surface area (Å²) in [6.07, 6.45) is 5.45. The van der Waals surface area contributed by atoms with Gasteiger partial charge in [0.05, 0.1) is 0 Å². The van der Waals surface area contributed by atoms with Crippen LogP contribution >= 0.6 is 0 Å². The molecule has 22 heavy (non-hydrogen) atoms. The third-order valence-corrected chi connectivity index (χ3v) is 3.86. The first-order valence-corrected chi connectivity index (χ1v) is 7.15. The molecule has 119 valence electrons. The van der Waals surface area contributed by atoms with Crippen LogP contribution in [0.5, 0.6) is 0 Å². The molecular formula is C15H23B2IrN4-. The molecule has 4 nitrogen and oxygen atoms in total. The Bertz CT molecular complexity index is 546. The maximum atomic E-state index is 3.43. The van der Waals surface area contributed by atoms with Crippen molar-refractivity contribution in [2.24, 2.45) is 0 Å². The van der Waals surface area contributed by atoms with Gasteiger partial charge in [0, 0.05) is 26.3 Å². The third-order valence-electron chi connectivity index (χ3n) is 3.86. The molecule has 0 spiro atoms. The molecule has 1 aromatic carbocycles. The molecule has 0 bridgehead atoms. The van der Waals surface area contributed by atoms with Crippen molar-refractivity contribution >= 4 is 25.7 Å². The molecule has 0 aliphatic carbocycles. The van der Waals surface area contributed by atoms with Crippen LogP contribution in [0.4, 0.5) is 0 Å². The van der Waals surface area contributed by atoms with E-state index in [-0.39, 0.29) is 33.9 Å². The van der Waals surface area contributed by atoms with Gasteiger partial charge in [-0.25, -0.2) is 23.9 Å². The molecule has 2 rings (SSSR count). The number of allylic oxidation sites excluding steroid dienone is 1. The van der Waals surface area contributed by atoms with Gasteiger partial charge in [-0.15, -0.1) is 6.07 Å². The molecule has 0 amide bonds. The van der Waals surface area contributed by atoms with E-state index < -0.39 is 0 Å². The molecule has 0 atom stereocenters. The van der Waals surface area contributed by atoms with E-state index in [4.69, 9.17) is 0 Å². The monoisotopic (exact) mass is 474 g/mol. The summed E-state index contributed by atoms with van der Waals surface area (Å²) in [6, 6.07) is 11.4. The van der Waals surface area contributed by atoms with Crippen LogP contribution in [0.2, 0.25) is 0 Å². The Hall–Kier alpha value is -0.871. The van der Waals surface area contributed by atoms with Crippen molar-refractivity contribution in [2.45, 2.75) is 0 Å². The zero-order valence-corrected chi connectivity index (χ0v) is 16.6. The van der Waals surface area contributed by atoms with Crippen LogP contribution in [0, 0.1) is 12.1 Å². The van der Waals surface area contributed by atoms with E-state index in [0.717, 1.165) is 11.3 Å². The minimum atomic E-state index is 0. The van der Waals surface area contributed by atoms with Crippen molar-refractivity contribution in [1.82, 2.24) is 14.4 Å². The van der Waals surface area contributed by atoms with Gasteiger partial charge in [0.15, 0.2) is 0 Å². The Morgan fingerprint density at radius 2 is 1.82 bits per heavy atom. The third kappa shape index (κ3) is 3.90. The molecular weight excluding hydrogens is 450 g/mol. The predicted octanol–water partition coefficient (Wildman–Crippen LogP) is 0.465. The standard InChI is InChI=1S/C15H23B2N4.Ir/c1-18(2)16-17(19(3)4)21(6)15(12-13-20(16)5)14-10-8-7-9-11-14;/h7-10,13H,1-6H3;/q-1;. The van der Waals surface area contributed by atoms with Crippen LogP contribution in [-0.2, 0) is 20.1 Å². The summed E-state index contributed by atoms with van der Waals surface area (Å²) < 4.78 is 2.21. The second-order valence-corrected chi connectivity index (χ2v) is 5.93. The van der Waals surface area contributed by atoms with Crippen molar-refractivity contribution in [3.63, 3.8) is 0 Å². The fourth-order valence-corrected chi connectivity index (χ4v) is 2.94. The molecule has 0 saturated carbocycles. The van der Waals surface area contributed by atoms with Crippen LogP contribution in [0.3, 0.4) is 0 Å². The molecule has 0 unspecified atom stereocenters. The molecule has 0 saturated heterocycles. The van der Waals surface area contributed by atoms with E-state index in [1.807, 2.05) is 24.4 Å². The first-order chi connectivity index (χ1) is 9.93. The van der Waals surface area contributed by atoms with Gasteiger partial charge in [0.25, 0.3) is 0 Å². The molecule has 1 radical (unpaired) electrons. The number of nitrogens with zero attached hydrogens (tertiary/aromatic N) is 4. The predicted molar refractivity (Wildman–Crippen MR) is 90.8 cm³/mol. The van der Waals surface area contributed by atoms with E-state index in [1.54, 1.807) is 0 Å². The van der Waals surface area contributed by atoms with Crippen molar-refractivity contribution in [3.05, 3.63) is 42.0 Å². The van der Waals surface area contributed by atoms with Gasteiger partial charge in [-0.1, -0.05) is 0 Å². The number of rotatable bonds is 3. The minimum Gasteiger partial charge on any atom is -0.475 e. The average Bonchev–Trinajstić information content (AvgIpc) is 2.57. The van der Waals surface area contributed by atoms with Crippen LogP contribution in [0.1, 0.15) is 5.56 Å². The zero-order chi connectivity index (χ0) is 15.6. The van der Waals surface area contributed by atoms with Gasteiger partial charge in [-0.3, -0.25) is 10.4 Å². The minimum absolute atomic E-state index is 0. The summed E-state index contributed by atoms with van der Waals surface area (Å²) in [7, 11) is 12.7. The Labute approximate surface area is 149 Å². The van der Waals surface area contributed by atoms with E-state index in [9.17, 15) is 0 Å². The summed E-state index contributed by atoms with van der Waals surface area (Å²) in [4.78, 5) is 6.75. The van der Waals surface area contributed by atoms with Crippen LogP contribution < -0.4 is 0 Å². The summed E-state index contributed by atoms with van der Waals surface area (Å²) >= 11 is 0. The maximum absolute atomic E-state index is 3.43. The Balaban J connectivity index is 0.00000242. The van der Waals surface area contributed by atoms with Crippen LogP contribution in [0.15, 0.2) is 24.3 Å². The first-order valence-electron chi connectivity index (χ1n) is 7.15. The van der Waals surface area contributed by atoms with Gasteiger partial charge in [0.1, 0.15) is 7.05 Å². The topological polar surface area (TPSA) is 12.7 Å². The van der Waals surface area contributed by atoms with E-state index in [0.29, 0.717) is 0 Å². The average molecular weight is 473 g/mol. The second-order valence-electron chi connectivity index (χ2n) is 5.93. The number of hydrogen-bond donors (Lipinski definition) is 0. The van der Waals surface area contributed by atoms with Crippen molar-refractivity contribution in [1.29, 1.82) is 0 Å². The second kappa shape index (κ2) is 8.11. The van der Waals surface area contributed by atoms with Gasteiger partial charge >= 0.3 is 13.7 Å². The fraction of sp³-hybridized carbons (Fsp3) is 0.400. The van der Waals surface area contributed by atoms with E-state index >= 15 is 0 Å². The maximum Gasteiger partial charge on any atom is 0.570 e. The molecule has 0 N–H and O–H groups in total. The Kier molecular flexibility index (Phi) is 7.07. The normalized spacial score (nSPS) is 15.5. The molecule has 1 aliphatic heterocycles. The molecule has 0 aromatic heterocycles. The van der Waals surface area contributed by atoms with Gasteiger partial charge in [-0.05, 0) is 35.2 Å². The van der Waals surface area contributed by atoms with Gasteiger partial charge in [-0.2, -0.15) is 12.1 Å². The quantitative estimate of drug-likeness (QED) is 0.468. The van der Waals surface area contributed by atoms with Crippen molar-refractivity contribution < 1.29 is 24.6 Å². The van der Waals surface area contributed by atoms with Gasteiger partial charge < -0.3 is 14.1 Å². The van der Waals surface area contributed by atoms with Gasteiger partial charge in [0.2, 0.25) is 0 Å². The molecule has 1 heterocycles. The van der Waals surface area contributed by atoms with E-state index in [1.165, 1.54) is 0 Å². The SMILES string of the molecule is CN(C)B1B(N(C)C)[N+](C)=C[C-]=C(c2[c-]cccc2)N1C.[Ir]. The Morgan fingerprint density at radius 1 is 1.14 bits per heavy atom. The van der Waals surface area contributed by atoms with Crippen LogP contribution in [0.25, 0.3) is 5.70 Å². The first kappa shape index (κ1) is 19.2. The molecule has 0 fully saturated rings. The summed E-state index contributed by atoms with van der Waals surface area (Å²) in [5.41, 5.74) is 2.13. The van der Waals surface area contributed by atoms with Crippen molar-refractivity contribution in [3.8, 4) is 0 Å². The summed E-state index contributed by atoms with van der Waals surface area (Å²) in [5, 5.41) is 0. The molecule has 1 aromatic rings. The zero-order valence-electron chi connectivity index (χ0n) is 14.2. The molecule has 1 aliphatic rings. The Morgan fingerprint density at radius 3 is 2.32 bits per heavy atom. The summed E-state index contributed by atoms with van der Waals surface area (Å²) in [6.45, 7) is 0.443. The number of benzene rings is 1. The smallest absolute Gasteiger partial charge is 0.475 e. The number of hydrogen-bond acceptors (Lipinski definition) is 3. The molecule has 7 heteroatoms. The van der Waals surface area contributed by atoms with E-state index in [2.05, 4.69) is 79.4 Å². The summed E-state index contributed by atoms with van der Waals surface area (Å²) in [5.74, 6) is 0. The van der Waals surface area contributed by atoms with Crippen molar-refractivity contribution in [2.75, 3.05) is 42.3 Å². The fourth-order valence-electron chi connectivity index (χ4n) is 2.94.